The highest BCUT2D eigenvalue weighted by molar-refractivity contribution is 7.10. The highest BCUT2D eigenvalue weighted by Crippen LogP contribution is 2.24. The summed E-state index contributed by atoms with van der Waals surface area (Å²) in [5.74, 6) is -0.280. The predicted octanol–water partition coefficient (Wildman–Crippen LogP) is 2.15. The Bertz CT molecular complexity index is 481. The Kier molecular flexibility index (Phi) is 3.16. The fraction of sp³-hybridized carbons (Fsp3) is 0.222. The van der Waals surface area contributed by atoms with Gasteiger partial charge in [-0.05, 0) is 18.4 Å². The van der Waals surface area contributed by atoms with E-state index >= 15 is 0 Å². The molecular weight excluding hydrogens is 246 g/mol. The van der Waals surface area contributed by atoms with E-state index in [1.54, 1.807) is 13.0 Å². The van der Waals surface area contributed by atoms with E-state index in [9.17, 15) is 4.79 Å². The highest BCUT2D eigenvalue weighted by atomic mass is 32.1. The molecule has 84 valence electrons. The number of nitrogens with one attached hydrogen (secondary N) is 1. The molecule has 0 aliphatic heterocycles. The lowest BCUT2D eigenvalue weighted by atomic mass is 10.2. The van der Waals surface area contributed by atoms with Gasteiger partial charge in [-0.25, -0.2) is 9.78 Å². The third-order valence-corrected chi connectivity index (χ3v) is 3.54. The summed E-state index contributed by atoms with van der Waals surface area (Å²) in [7, 11) is 0. The maximum atomic E-state index is 11.1. The highest BCUT2D eigenvalue weighted by Gasteiger charge is 2.21. The standard InChI is InChI=1S/C9H9N3O2S2/c1-5-10-9(16-12-5)11-7(8(13)14)6-3-2-4-15-6/h2-4,7H,1H3,(H,13,14)(H,10,11,12). The third kappa shape index (κ3) is 2.37. The van der Waals surface area contributed by atoms with Gasteiger partial charge in [0.2, 0.25) is 5.13 Å². The number of rotatable bonds is 4. The Hall–Kier alpha value is -1.47. The zero-order valence-corrected chi connectivity index (χ0v) is 10.0. The number of hydrogen-bond acceptors (Lipinski definition) is 6. The molecule has 0 aromatic carbocycles. The number of nitrogens with zero attached hydrogens (tertiary/aromatic N) is 2. The molecule has 2 heterocycles. The summed E-state index contributed by atoms with van der Waals surface area (Å²) in [4.78, 5) is 15.9. The Balaban J connectivity index is 2.19. The van der Waals surface area contributed by atoms with Crippen LogP contribution in [0.3, 0.4) is 0 Å². The van der Waals surface area contributed by atoms with Gasteiger partial charge in [0.1, 0.15) is 5.82 Å². The largest absolute Gasteiger partial charge is 0.479 e. The lowest BCUT2D eigenvalue weighted by molar-refractivity contribution is -0.138. The molecule has 2 aromatic rings. The molecule has 2 N–H and O–H groups in total. The number of thiophene rings is 1. The zero-order chi connectivity index (χ0) is 11.5. The summed E-state index contributed by atoms with van der Waals surface area (Å²) >= 11 is 2.56. The Morgan fingerprint density at radius 2 is 2.44 bits per heavy atom. The van der Waals surface area contributed by atoms with Crippen LogP contribution in [0.4, 0.5) is 5.13 Å². The van der Waals surface area contributed by atoms with Crippen molar-refractivity contribution < 1.29 is 9.90 Å². The van der Waals surface area contributed by atoms with Crippen molar-refractivity contribution in [1.82, 2.24) is 9.36 Å². The second-order valence-corrected chi connectivity index (χ2v) is 4.81. The first-order valence-corrected chi connectivity index (χ1v) is 6.15. The molecule has 0 radical (unpaired) electrons. The second-order valence-electron chi connectivity index (χ2n) is 3.08. The minimum Gasteiger partial charge on any atom is -0.479 e. The molecule has 5 nitrogen and oxygen atoms in total. The monoisotopic (exact) mass is 255 g/mol. The zero-order valence-electron chi connectivity index (χ0n) is 8.38. The van der Waals surface area contributed by atoms with Gasteiger partial charge in [-0.15, -0.1) is 11.3 Å². The maximum Gasteiger partial charge on any atom is 0.331 e. The van der Waals surface area contributed by atoms with Crippen LogP contribution in [0.25, 0.3) is 0 Å². The Morgan fingerprint density at radius 3 is 2.94 bits per heavy atom. The molecule has 0 saturated carbocycles. The van der Waals surface area contributed by atoms with Crippen molar-refractivity contribution in [2.75, 3.05) is 5.32 Å². The van der Waals surface area contributed by atoms with E-state index in [0.29, 0.717) is 11.0 Å². The average Bonchev–Trinajstić information content (AvgIpc) is 2.84. The molecule has 0 bridgehead atoms. The average molecular weight is 255 g/mol. The van der Waals surface area contributed by atoms with Crippen LogP contribution >= 0.6 is 22.9 Å². The number of carboxylic acid groups (broad SMARTS) is 1. The topological polar surface area (TPSA) is 75.1 Å². The minimum absolute atomic E-state index is 0.526. The molecule has 7 heteroatoms. The molecule has 1 unspecified atom stereocenters. The summed E-state index contributed by atoms with van der Waals surface area (Å²) < 4.78 is 3.99. The first-order valence-electron chi connectivity index (χ1n) is 4.50. The van der Waals surface area contributed by atoms with E-state index < -0.39 is 12.0 Å². The van der Waals surface area contributed by atoms with Gasteiger partial charge in [0, 0.05) is 16.4 Å². The van der Waals surface area contributed by atoms with Crippen molar-refractivity contribution in [1.29, 1.82) is 0 Å². The van der Waals surface area contributed by atoms with Crippen LogP contribution in [-0.4, -0.2) is 20.4 Å². The number of carbonyl (C=O) groups is 1. The van der Waals surface area contributed by atoms with E-state index in [1.165, 1.54) is 11.3 Å². The SMILES string of the molecule is Cc1nsc(NC(C(=O)O)c2cccs2)n1. The van der Waals surface area contributed by atoms with Crippen molar-refractivity contribution in [2.24, 2.45) is 0 Å². The lowest BCUT2D eigenvalue weighted by Gasteiger charge is -2.10. The van der Waals surface area contributed by atoms with Crippen LogP contribution in [-0.2, 0) is 4.79 Å². The normalized spacial score (nSPS) is 12.3. The number of aryl methyl sites for hydroxylation is 1. The summed E-state index contributed by atoms with van der Waals surface area (Å²) in [6.45, 7) is 1.77. The number of anilines is 1. The van der Waals surface area contributed by atoms with Crippen LogP contribution in [0.5, 0.6) is 0 Å². The van der Waals surface area contributed by atoms with Crippen molar-refractivity contribution in [3.8, 4) is 0 Å². The lowest BCUT2D eigenvalue weighted by Crippen LogP contribution is -2.19. The molecule has 0 amide bonds. The van der Waals surface area contributed by atoms with E-state index in [0.717, 1.165) is 16.4 Å². The van der Waals surface area contributed by atoms with Crippen LogP contribution in [0.15, 0.2) is 17.5 Å². The molecule has 0 spiro atoms. The number of aromatic nitrogens is 2. The van der Waals surface area contributed by atoms with Gasteiger partial charge < -0.3 is 10.4 Å². The second kappa shape index (κ2) is 4.58. The molecule has 1 atom stereocenters. The van der Waals surface area contributed by atoms with Crippen LogP contribution in [0.1, 0.15) is 16.7 Å². The smallest absolute Gasteiger partial charge is 0.331 e. The third-order valence-electron chi connectivity index (χ3n) is 1.87. The molecule has 2 rings (SSSR count). The minimum atomic E-state index is -0.921. The van der Waals surface area contributed by atoms with E-state index in [1.807, 2.05) is 11.4 Å². The van der Waals surface area contributed by atoms with Crippen molar-refractivity contribution in [3.63, 3.8) is 0 Å². The molecule has 0 saturated heterocycles. The van der Waals surface area contributed by atoms with Crippen LogP contribution < -0.4 is 5.32 Å². The van der Waals surface area contributed by atoms with Gasteiger partial charge in [0.25, 0.3) is 0 Å². The van der Waals surface area contributed by atoms with Gasteiger partial charge in [-0.3, -0.25) is 0 Å². The van der Waals surface area contributed by atoms with Crippen molar-refractivity contribution in [2.45, 2.75) is 13.0 Å². The first-order chi connectivity index (χ1) is 7.66. The fourth-order valence-electron chi connectivity index (χ4n) is 1.19. The molecule has 16 heavy (non-hydrogen) atoms. The first kappa shape index (κ1) is 11.0. The van der Waals surface area contributed by atoms with Gasteiger partial charge in [0.15, 0.2) is 6.04 Å². The van der Waals surface area contributed by atoms with Crippen LogP contribution in [0, 0.1) is 6.92 Å². The Morgan fingerprint density at radius 1 is 1.62 bits per heavy atom. The van der Waals surface area contributed by atoms with Gasteiger partial charge in [0.05, 0.1) is 0 Å². The fourth-order valence-corrected chi connectivity index (χ4v) is 2.56. The number of aliphatic carboxylic acids is 1. The number of carboxylic acids is 1. The molecule has 0 fully saturated rings. The number of hydrogen-bond donors (Lipinski definition) is 2. The predicted molar refractivity (Wildman–Crippen MR) is 63.0 cm³/mol. The Labute approximate surface area is 100.0 Å². The van der Waals surface area contributed by atoms with Crippen LogP contribution in [0.2, 0.25) is 0 Å². The quantitative estimate of drug-likeness (QED) is 0.875. The van der Waals surface area contributed by atoms with Gasteiger partial charge >= 0.3 is 5.97 Å². The summed E-state index contributed by atoms with van der Waals surface area (Å²) in [6.07, 6.45) is 0. The van der Waals surface area contributed by atoms with E-state index in [2.05, 4.69) is 14.7 Å². The van der Waals surface area contributed by atoms with Crippen molar-refractivity contribution >= 4 is 34.0 Å². The summed E-state index contributed by atoms with van der Waals surface area (Å²) in [6, 6.07) is 2.85. The summed E-state index contributed by atoms with van der Waals surface area (Å²) in [5, 5.41) is 14.3. The molecule has 2 aromatic heterocycles. The molecule has 0 aliphatic carbocycles. The van der Waals surface area contributed by atoms with E-state index in [-0.39, 0.29) is 0 Å². The van der Waals surface area contributed by atoms with Gasteiger partial charge in [-0.1, -0.05) is 6.07 Å². The summed E-state index contributed by atoms with van der Waals surface area (Å²) in [5.41, 5.74) is 0. The van der Waals surface area contributed by atoms with E-state index in [4.69, 9.17) is 5.11 Å². The molecule has 0 aliphatic rings. The maximum absolute atomic E-state index is 11.1. The van der Waals surface area contributed by atoms with Crippen molar-refractivity contribution in [3.05, 3.63) is 28.2 Å². The molecular formula is C9H9N3O2S2. The van der Waals surface area contributed by atoms with Gasteiger partial charge in [-0.2, -0.15) is 4.37 Å².